The number of aliphatic hydroxyl groups excluding tert-OH is 2. The molecule has 0 aliphatic carbocycles. The van der Waals surface area contributed by atoms with Gasteiger partial charge in [-0.05, 0) is 83.5 Å². The third kappa shape index (κ3) is 43.3. The second kappa shape index (κ2) is 43.5. The van der Waals surface area contributed by atoms with Crippen LogP contribution in [0.2, 0.25) is 0 Å². The van der Waals surface area contributed by atoms with E-state index in [4.69, 9.17) is 23.6 Å². The Morgan fingerprint density at radius 2 is 0.932 bits per heavy atom. The van der Waals surface area contributed by atoms with Crippen molar-refractivity contribution in [2.45, 2.75) is 193 Å². The Balaban J connectivity index is 4.31. The third-order valence-corrected chi connectivity index (χ3v) is 10.3. The van der Waals surface area contributed by atoms with Crippen LogP contribution in [0.4, 0.5) is 0 Å². The Morgan fingerprint density at radius 3 is 1.41 bits per heavy atom. The lowest BCUT2D eigenvalue weighted by Gasteiger charge is -2.20. The van der Waals surface area contributed by atoms with Crippen LogP contribution >= 0.6 is 7.82 Å². The van der Waals surface area contributed by atoms with E-state index in [1.54, 1.807) is 0 Å². The summed E-state index contributed by atoms with van der Waals surface area (Å²) in [6, 6.07) is 0. The van der Waals surface area contributed by atoms with Crippen molar-refractivity contribution in [3.8, 4) is 0 Å². The molecule has 0 aromatic rings. The number of unbranched alkanes of at least 4 members (excludes halogenated alkanes) is 16. The fraction of sp³-hybridized carbons (Fsp3) is 0.708. The summed E-state index contributed by atoms with van der Waals surface area (Å²) in [4.78, 5) is 35.1. The van der Waals surface area contributed by atoms with Crippen LogP contribution in [0.25, 0.3) is 0 Å². The smallest absolute Gasteiger partial charge is 0.462 e. The van der Waals surface area contributed by atoms with Crippen molar-refractivity contribution in [3.05, 3.63) is 72.9 Å². The Bertz CT molecular complexity index is 1210. The van der Waals surface area contributed by atoms with Gasteiger partial charge in [0.2, 0.25) is 0 Å². The molecule has 0 amide bonds. The highest BCUT2D eigenvalue weighted by Gasteiger charge is 2.27. The van der Waals surface area contributed by atoms with Gasteiger partial charge in [0.25, 0.3) is 0 Å². The van der Waals surface area contributed by atoms with Gasteiger partial charge >= 0.3 is 19.8 Å². The van der Waals surface area contributed by atoms with Gasteiger partial charge in [0.1, 0.15) is 12.7 Å². The van der Waals surface area contributed by atoms with Crippen molar-refractivity contribution in [2.75, 3.05) is 26.4 Å². The number of ether oxygens (including phenoxy) is 2. The first-order valence-corrected chi connectivity index (χ1v) is 24.4. The molecule has 0 heterocycles. The van der Waals surface area contributed by atoms with Crippen LogP contribution in [0.1, 0.15) is 181 Å². The fourth-order valence-corrected chi connectivity index (χ4v) is 6.63. The topological polar surface area (TPSA) is 149 Å². The molecule has 0 saturated heterocycles. The molecule has 3 atom stereocenters. The quantitative estimate of drug-likeness (QED) is 0.0234. The minimum atomic E-state index is -4.63. The van der Waals surface area contributed by atoms with Crippen LogP contribution in [0.15, 0.2) is 72.9 Å². The molecule has 0 saturated carbocycles. The maximum atomic E-state index is 12.6. The van der Waals surface area contributed by atoms with E-state index in [1.165, 1.54) is 44.9 Å². The number of phosphoric acid groups is 1. The molecule has 0 aromatic carbocycles. The van der Waals surface area contributed by atoms with Gasteiger partial charge in [0.15, 0.2) is 6.10 Å². The largest absolute Gasteiger partial charge is 0.472 e. The van der Waals surface area contributed by atoms with Gasteiger partial charge in [0, 0.05) is 12.8 Å². The number of allylic oxidation sites excluding steroid dienone is 12. The highest BCUT2D eigenvalue weighted by molar-refractivity contribution is 7.47. The van der Waals surface area contributed by atoms with Crippen molar-refractivity contribution < 1.29 is 47.8 Å². The number of carbonyl (C=O) groups excluding carboxylic acids is 2. The molecule has 0 radical (unpaired) electrons. The van der Waals surface area contributed by atoms with E-state index < -0.39 is 51.8 Å². The van der Waals surface area contributed by atoms with E-state index in [9.17, 15) is 24.2 Å². The van der Waals surface area contributed by atoms with Crippen LogP contribution in [-0.4, -0.2) is 65.7 Å². The van der Waals surface area contributed by atoms with Crippen molar-refractivity contribution in [1.82, 2.24) is 0 Å². The molecular weight excluding hydrogens is 767 g/mol. The molecule has 59 heavy (non-hydrogen) atoms. The molecule has 0 rings (SSSR count). The Morgan fingerprint density at radius 1 is 0.525 bits per heavy atom. The number of hydrogen-bond acceptors (Lipinski definition) is 9. The summed E-state index contributed by atoms with van der Waals surface area (Å²) in [5.74, 6) is -0.955. The SMILES string of the molecule is CC/C=C\C/C=C\C/C=C\CCCCCCCCCC(=O)OCC(COP(=O)(O)OCC(O)CO)OC(=O)CCCCCCCC/C=C\C/C=C\C/C=C\CCCCC. The summed E-state index contributed by atoms with van der Waals surface area (Å²) in [6.45, 7) is 2.21. The van der Waals surface area contributed by atoms with Crippen LogP contribution in [0.5, 0.6) is 0 Å². The molecule has 0 aliphatic rings. The highest BCUT2D eigenvalue weighted by atomic mass is 31.2. The molecule has 0 fully saturated rings. The number of hydrogen-bond donors (Lipinski definition) is 3. The summed E-state index contributed by atoms with van der Waals surface area (Å²) >= 11 is 0. The van der Waals surface area contributed by atoms with Crippen molar-refractivity contribution in [2.24, 2.45) is 0 Å². The molecule has 0 bridgehead atoms. The van der Waals surface area contributed by atoms with Crippen molar-refractivity contribution in [3.63, 3.8) is 0 Å². The lowest BCUT2D eigenvalue weighted by atomic mass is 10.1. The van der Waals surface area contributed by atoms with E-state index >= 15 is 0 Å². The zero-order chi connectivity index (χ0) is 43.3. The number of esters is 2. The predicted octanol–water partition coefficient (Wildman–Crippen LogP) is 12.4. The average molecular weight is 851 g/mol. The maximum Gasteiger partial charge on any atom is 0.472 e. The van der Waals surface area contributed by atoms with Crippen LogP contribution in [-0.2, 0) is 32.7 Å². The summed E-state index contributed by atoms with van der Waals surface area (Å²) in [5, 5.41) is 18.4. The maximum absolute atomic E-state index is 12.6. The number of rotatable bonds is 42. The molecule has 3 N–H and O–H groups in total. The van der Waals surface area contributed by atoms with E-state index in [0.29, 0.717) is 12.8 Å². The van der Waals surface area contributed by atoms with E-state index in [2.05, 4.69) is 86.8 Å². The summed E-state index contributed by atoms with van der Waals surface area (Å²) in [7, 11) is -4.63. The number of aliphatic hydroxyl groups is 2. The van der Waals surface area contributed by atoms with Gasteiger partial charge in [-0.3, -0.25) is 18.6 Å². The van der Waals surface area contributed by atoms with Crippen molar-refractivity contribution in [1.29, 1.82) is 0 Å². The number of phosphoric ester groups is 1. The van der Waals surface area contributed by atoms with Crippen LogP contribution < -0.4 is 0 Å². The normalized spacial score (nSPS) is 14.5. The lowest BCUT2D eigenvalue weighted by Crippen LogP contribution is -2.29. The first-order valence-electron chi connectivity index (χ1n) is 22.9. The van der Waals surface area contributed by atoms with Crippen molar-refractivity contribution >= 4 is 19.8 Å². The average Bonchev–Trinajstić information content (AvgIpc) is 3.22. The van der Waals surface area contributed by atoms with Crippen LogP contribution in [0.3, 0.4) is 0 Å². The highest BCUT2D eigenvalue weighted by Crippen LogP contribution is 2.43. The first kappa shape index (κ1) is 56.4. The van der Waals surface area contributed by atoms with Gasteiger partial charge in [-0.15, -0.1) is 0 Å². The molecular formula is C48H83O10P. The zero-order valence-electron chi connectivity index (χ0n) is 36.9. The van der Waals surface area contributed by atoms with Gasteiger partial charge in [-0.25, -0.2) is 4.57 Å². The van der Waals surface area contributed by atoms with Crippen LogP contribution in [0, 0.1) is 0 Å². The molecule has 0 aromatic heterocycles. The monoisotopic (exact) mass is 851 g/mol. The summed E-state index contributed by atoms with van der Waals surface area (Å²) in [6.07, 6.45) is 50.0. The van der Waals surface area contributed by atoms with E-state index in [0.717, 1.165) is 96.3 Å². The zero-order valence-corrected chi connectivity index (χ0v) is 37.8. The summed E-state index contributed by atoms with van der Waals surface area (Å²) in [5.41, 5.74) is 0. The van der Waals surface area contributed by atoms with Gasteiger partial charge in [-0.2, -0.15) is 0 Å². The second-order valence-corrected chi connectivity index (χ2v) is 16.5. The third-order valence-electron chi connectivity index (χ3n) is 9.34. The lowest BCUT2D eigenvalue weighted by molar-refractivity contribution is -0.161. The van der Waals surface area contributed by atoms with E-state index in [1.807, 2.05) is 0 Å². The number of carbonyl (C=O) groups is 2. The minimum Gasteiger partial charge on any atom is -0.462 e. The molecule has 11 heteroatoms. The fourth-order valence-electron chi connectivity index (χ4n) is 5.84. The molecule has 10 nitrogen and oxygen atoms in total. The minimum absolute atomic E-state index is 0.164. The Hall–Kier alpha value is -2.59. The predicted molar refractivity (Wildman–Crippen MR) is 242 cm³/mol. The molecule has 0 aliphatic heterocycles. The molecule has 0 spiro atoms. The molecule has 3 unspecified atom stereocenters. The standard InChI is InChI=1S/C48H83O10P/c1-3-5-7-9-11-13-15-17-19-21-22-24-26-28-30-32-34-36-38-40-48(52)58-46(44-57-59(53,54)56-42-45(50)41-49)43-55-47(51)39-37-35-33-31-29-27-25-23-20-18-16-14-12-10-8-6-4-2/h6,8,11-14,17-20,22,24,45-46,49-50H,3-5,7,9-10,15-16,21,23,25-44H2,1-2H3,(H,53,54)/b8-6-,13-11-,14-12-,19-17-,20-18-,24-22-. The Kier molecular flexibility index (Phi) is 41.6. The van der Waals surface area contributed by atoms with Gasteiger partial charge in [0.05, 0.1) is 19.8 Å². The molecule has 340 valence electrons. The Labute approximate surface area is 358 Å². The van der Waals surface area contributed by atoms with Gasteiger partial charge in [-0.1, -0.05) is 157 Å². The van der Waals surface area contributed by atoms with Gasteiger partial charge < -0.3 is 24.6 Å². The van der Waals surface area contributed by atoms with E-state index in [-0.39, 0.29) is 19.4 Å². The summed E-state index contributed by atoms with van der Waals surface area (Å²) < 4.78 is 32.8. The first-order chi connectivity index (χ1) is 28.7. The second-order valence-electron chi connectivity index (χ2n) is 15.0.